The number of nitrogens with two attached hydrogens (primary N) is 1. The Balaban J connectivity index is 2.13. The van der Waals surface area contributed by atoms with E-state index in [1.807, 2.05) is 18.2 Å². The van der Waals surface area contributed by atoms with Crippen molar-refractivity contribution in [2.45, 2.75) is 37.8 Å². The summed E-state index contributed by atoms with van der Waals surface area (Å²) in [5.74, 6) is 0.417. The molecule has 1 aromatic carbocycles. The molecule has 2 rings (SSSR count). The molecule has 0 saturated carbocycles. The van der Waals surface area contributed by atoms with Crippen LogP contribution < -0.4 is 20.5 Å². The first-order valence-corrected chi connectivity index (χ1v) is 7.63. The molecule has 0 spiro atoms. The van der Waals surface area contributed by atoms with Gasteiger partial charge in [-0.25, -0.2) is 0 Å². The molecule has 0 aliphatic carbocycles. The maximum atomic E-state index is 10.7. The maximum Gasteiger partial charge on any atom is 0.303 e. The number of aliphatic carboxylic acids is 1. The fourth-order valence-electron chi connectivity index (χ4n) is 2.67. The highest BCUT2D eigenvalue weighted by Crippen LogP contribution is 2.36. The Morgan fingerprint density at radius 3 is 3.00 bits per heavy atom. The number of hydrogen-bond acceptors (Lipinski definition) is 5. The van der Waals surface area contributed by atoms with E-state index in [1.54, 1.807) is 7.11 Å². The van der Waals surface area contributed by atoms with E-state index in [0.717, 1.165) is 31.5 Å². The summed E-state index contributed by atoms with van der Waals surface area (Å²) < 4.78 is 11.5. The van der Waals surface area contributed by atoms with Gasteiger partial charge in [0.25, 0.3) is 0 Å². The molecule has 2 unspecified atom stereocenters. The molecule has 0 bridgehead atoms. The van der Waals surface area contributed by atoms with Crippen molar-refractivity contribution >= 4 is 5.97 Å². The molecule has 0 amide bonds. The van der Waals surface area contributed by atoms with Gasteiger partial charge >= 0.3 is 5.97 Å². The largest absolute Gasteiger partial charge is 0.493 e. The first-order valence-electron chi connectivity index (χ1n) is 7.63. The van der Waals surface area contributed by atoms with Gasteiger partial charge in [0.05, 0.1) is 7.11 Å². The number of rotatable bonds is 7. The van der Waals surface area contributed by atoms with E-state index in [2.05, 4.69) is 5.32 Å². The van der Waals surface area contributed by atoms with Gasteiger partial charge in [-0.3, -0.25) is 4.79 Å². The molecule has 2 atom stereocenters. The molecular weight excluding hydrogens is 284 g/mol. The van der Waals surface area contributed by atoms with E-state index in [0.29, 0.717) is 17.9 Å². The van der Waals surface area contributed by atoms with Crippen molar-refractivity contribution in [3.63, 3.8) is 0 Å². The highest BCUT2D eigenvalue weighted by Gasteiger charge is 2.20. The van der Waals surface area contributed by atoms with Crippen molar-refractivity contribution in [2.24, 2.45) is 5.73 Å². The van der Waals surface area contributed by atoms with Gasteiger partial charge in [0.2, 0.25) is 0 Å². The van der Waals surface area contributed by atoms with Gasteiger partial charge in [0.15, 0.2) is 11.5 Å². The number of benzene rings is 1. The van der Waals surface area contributed by atoms with Crippen LogP contribution in [0.5, 0.6) is 11.5 Å². The van der Waals surface area contributed by atoms with Crippen LogP contribution in [0.4, 0.5) is 0 Å². The average molecular weight is 308 g/mol. The van der Waals surface area contributed by atoms with E-state index in [-0.39, 0.29) is 18.6 Å². The van der Waals surface area contributed by atoms with Crippen LogP contribution in [0.3, 0.4) is 0 Å². The Labute approximate surface area is 130 Å². The number of piperidine rings is 1. The lowest BCUT2D eigenvalue weighted by Crippen LogP contribution is -2.37. The molecule has 1 aliphatic rings. The normalized spacial score (nSPS) is 19.5. The van der Waals surface area contributed by atoms with Crippen LogP contribution in [0, 0.1) is 0 Å². The smallest absolute Gasteiger partial charge is 0.303 e. The second-order valence-electron chi connectivity index (χ2n) is 5.50. The summed E-state index contributed by atoms with van der Waals surface area (Å²) in [6.07, 6.45) is 2.60. The van der Waals surface area contributed by atoms with Gasteiger partial charge in [-0.05, 0) is 31.9 Å². The topological polar surface area (TPSA) is 93.8 Å². The van der Waals surface area contributed by atoms with Crippen LogP contribution in [0.25, 0.3) is 0 Å². The quantitative estimate of drug-likeness (QED) is 0.710. The zero-order valence-electron chi connectivity index (χ0n) is 12.9. The number of nitrogens with one attached hydrogen (secondary N) is 1. The van der Waals surface area contributed by atoms with Crippen molar-refractivity contribution in [1.29, 1.82) is 0 Å². The lowest BCUT2D eigenvalue weighted by molar-refractivity contribution is -0.137. The lowest BCUT2D eigenvalue weighted by Gasteiger charge is -2.26. The summed E-state index contributed by atoms with van der Waals surface area (Å²) in [6.45, 7) is 1.84. The first-order chi connectivity index (χ1) is 10.6. The van der Waals surface area contributed by atoms with Crippen molar-refractivity contribution in [3.05, 3.63) is 23.8 Å². The Morgan fingerprint density at radius 1 is 1.55 bits per heavy atom. The van der Waals surface area contributed by atoms with Crippen LogP contribution in [0.15, 0.2) is 18.2 Å². The SMILES string of the molecule is COc1c(OC2CCCNC2)cccc1C(N)CCC(=O)O. The highest BCUT2D eigenvalue weighted by atomic mass is 16.5. The van der Waals surface area contributed by atoms with Gasteiger partial charge < -0.3 is 25.6 Å². The molecule has 0 radical (unpaired) electrons. The first kappa shape index (κ1) is 16.6. The van der Waals surface area contributed by atoms with Crippen LogP contribution in [0.1, 0.15) is 37.3 Å². The summed E-state index contributed by atoms with van der Waals surface area (Å²) >= 11 is 0. The van der Waals surface area contributed by atoms with Crippen LogP contribution in [-0.2, 0) is 4.79 Å². The van der Waals surface area contributed by atoms with E-state index in [1.165, 1.54) is 0 Å². The average Bonchev–Trinajstić information content (AvgIpc) is 2.53. The third-order valence-corrected chi connectivity index (χ3v) is 3.83. The van der Waals surface area contributed by atoms with Crippen molar-refractivity contribution in [3.8, 4) is 11.5 Å². The van der Waals surface area contributed by atoms with Crippen molar-refractivity contribution < 1.29 is 19.4 Å². The molecule has 22 heavy (non-hydrogen) atoms. The number of methoxy groups -OCH3 is 1. The van der Waals surface area contributed by atoms with Crippen molar-refractivity contribution in [2.75, 3.05) is 20.2 Å². The Hall–Kier alpha value is -1.79. The van der Waals surface area contributed by atoms with E-state index in [4.69, 9.17) is 20.3 Å². The zero-order valence-corrected chi connectivity index (χ0v) is 12.9. The number of para-hydroxylation sites is 1. The van der Waals surface area contributed by atoms with Gasteiger partial charge in [0.1, 0.15) is 6.10 Å². The molecule has 6 heteroatoms. The lowest BCUT2D eigenvalue weighted by atomic mass is 10.0. The van der Waals surface area contributed by atoms with Gasteiger partial charge in [-0.2, -0.15) is 0 Å². The summed E-state index contributed by atoms with van der Waals surface area (Å²) in [5, 5.41) is 12.1. The molecule has 1 fully saturated rings. The number of carboxylic acid groups (broad SMARTS) is 1. The van der Waals surface area contributed by atoms with Gasteiger partial charge in [-0.15, -0.1) is 0 Å². The van der Waals surface area contributed by atoms with Crippen molar-refractivity contribution in [1.82, 2.24) is 5.32 Å². The van der Waals surface area contributed by atoms with Crippen LogP contribution in [0.2, 0.25) is 0 Å². The molecule has 1 saturated heterocycles. The Bertz CT molecular complexity index is 501. The summed E-state index contributed by atoms with van der Waals surface area (Å²) in [6, 6.07) is 5.20. The molecule has 6 nitrogen and oxygen atoms in total. The third kappa shape index (κ3) is 4.35. The Morgan fingerprint density at radius 2 is 2.36 bits per heavy atom. The molecule has 0 aromatic heterocycles. The predicted octanol–water partition coefficient (Wildman–Crippen LogP) is 1.69. The molecule has 122 valence electrons. The van der Waals surface area contributed by atoms with Gasteiger partial charge in [-0.1, -0.05) is 12.1 Å². The fourth-order valence-corrected chi connectivity index (χ4v) is 2.67. The minimum absolute atomic E-state index is 0.0297. The van der Waals surface area contributed by atoms with E-state index in [9.17, 15) is 4.79 Å². The highest BCUT2D eigenvalue weighted by molar-refractivity contribution is 5.66. The molecule has 1 aromatic rings. The fraction of sp³-hybridized carbons (Fsp3) is 0.562. The van der Waals surface area contributed by atoms with E-state index >= 15 is 0 Å². The zero-order chi connectivity index (χ0) is 15.9. The third-order valence-electron chi connectivity index (χ3n) is 3.83. The minimum Gasteiger partial charge on any atom is -0.493 e. The number of hydrogen-bond donors (Lipinski definition) is 3. The predicted molar refractivity (Wildman–Crippen MR) is 83.3 cm³/mol. The molecule has 4 N–H and O–H groups in total. The van der Waals surface area contributed by atoms with Crippen LogP contribution >= 0.6 is 0 Å². The van der Waals surface area contributed by atoms with Gasteiger partial charge in [0, 0.05) is 24.6 Å². The number of ether oxygens (including phenoxy) is 2. The summed E-state index contributed by atoms with van der Waals surface area (Å²) in [4.78, 5) is 10.7. The molecule has 1 heterocycles. The molecular formula is C16H24N2O4. The summed E-state index contributed by atoms with van der Waals surface area (Å²) in [7, 11) is 1.58. The number of carbonyl (C=O) groups is 1. The van der Waals surface area contributed by atoms with E-state index < -0.39 is 5.97 Å². The monoisotopic (exact) mass is 308 g/mol. The van der Waals surface area contributed by atoms with Crippen LogP contribution in [-0.4, -0.2) is 37.4 Å². The standard InChI is InChI=1S/C16H24N2O4/c1-21-16-12(13(17)7-8-15(19)20)5-2-6-14(16)22-11-4-3-9-18-10-11/h2,5-6,11,13,18H,3-4,7-10,17H2,1H3,(H,19,20). The Kier molecular flexibility index (Phi) is 6.03. The minimum atomic E-state index is -0.852. The second-order valence-corrected chi connectivity index (χ2v) is 5.50. The number of carboxylic acids is 1. The second kappa shape index (κ2) is 8.00. The molecule has 1 aliphatic heterocycles. The summed E-state index contributed by atoms with van der Waals surface area (Å²) in [5.41, 5.74) is 6.89. The maximum absolute atomic E-state index is 10.7.